The summed E-state index contributed by atoms with van der Waals surface area (Å²) in [6, 6.07) is 0.497. The molecular weight excluding hydrogens is 204 g/mol. The average Bonchev–Trinajstić information content (AvgIpc) is 2.24. The smallest absolute Gasteiger partial charge is 0.0556 e. The summed E-state index contributed by atoms with van der Waals surface area (Å²) in [6.07, 6.45) is 2.49. The molecular formula is C12H26N2O2. The third-order valence-electron chi connectivity index (χ3n) is 3.41. The maximum atomic E-state index is 9.93. The summed E-state index contributed by atoms with van der Waals surface area (Å²) in [5.41, 5.74) is 0. The van der Waals surface area contributed by atoms with Gasteiger partial charge < -0.3 is 19.6 Å². The number of hydrogen-bond acceptors (Lipinski definition) is 4. The number of piperazine rings is 1. The van der Waals surface area contributed by atoms with Crippen molar-refractivity contribution in [3.8, 4) is 0 Å². The molecule has 16 heavy (non-hydrogen) atoms. The van der Waals surface area contributed by atoms with Gasteiger partial charge in [-0.05, 0) is 33.4 Å². The molecule has 4 nitrogen and oxygen atoms in total. The van der Waals surface area contributed by atoms with E-state index in [0.717, 1.165) is 45.5 Å². The fourth-order valence-corrected chi connectivity index (χ4v) is 2.25. The quantitative estimate of drug-likeness (QED) is 0.671. The van der Waals surface area contributed by atoms with Crippen LogP contribution in [0.15, 0.2) is 0 Å². The summed E-state index contributed by atoms with van der Waals surface area (Å²) in [7, 11) is 6.01. The molecule has 1 N–H and O–H groups in total. The molecule has 0 radical (unpaired) electrons. The van der Waals surface area contributed by atoms with E-state index in [0.29, 0.717) is 6.04 Å². The van der Waals surface area contributed by atoms with Gasteiger partial charge in [-0.2, -0.15) is 0 Å². The molecule has 1 aliphatic heterocycles. The fourth-order valence-electron chi connectivity index (χ4n) is 2.25. The van der Waals surface area contributed by atoms with Crippen LogP contribution in [0.4, 0.5) is 0 Å². The molecule has 96 valence electrons. The van der Waals surface area contributed by atoms with Crippen LogP contribution in [-0.4, -0.2) is 74.5 Å². The van der Waals surface area contributed by atoms with Crippen molar-refractivity contribution in [1.82, 2.24) is 9.80 Å². The number of hydrogen-bond donors (Lipinski definition) is 1. The van der Waals surface area contributed by atoms with Crippen LogP contribution >= 0.6 is 0 Å². The van der Waals surface area contributed by atoms with Crippen molar-refractivity contribution >= 4 is 0 Å². The molecule has 1 saturated heterocycles. The number of aliphatic hydroxyl groups excluding tert-OH is 1. The molecule has 1 fully saturated rings. The van der Waals surface area contributed by atoms with Crippen molar-refractivity contribution in [2.75, 3.05) is 47.4 Å². The molecule has 1 aliphatic rings. The Morgan fingerprint density at radius 2 is 2.12 bits per heavy atom. The highest BCUT2D eigenvalue weighted by molar-refractivity contribution is 4.80. The number of rotatable bonds is 6. The maximum Gasteiger partial charge on any atom is 0.0556 e. The van der Waals surface area contributed by atoms with Gasteiger partial charge in [-0.3, -0.25) is 0 Å². The van der Waals surface area contributed by atoms with Gasteiger partial charge in [-0.25, -0.2) is 0 Å². The first kappa shape index (κ1) is 13.9. The lowest BCUT2D eigenvalue weighted by Gasteiger charge is -2.38. The third-order valence-corrected chi connectivity index (χ3v) is 3.41. The number of ether oxygens (including phenoxy) is 1. The van der Waals surface area contributed by atoms with Crippen LogP contribution in [0.25, 0.3) is 0 Å². The van der Waals surface area contributed by atoms with Gasteiger partial charge in [0.15, 0.2) is 0 Å². The summed E-state index contributed by atoms with van der Waals surface area (Å²) in [5.74, 6) is 0. The molecule has 0 aromatic rings. The highest BCUT2D eigenvalue weighted by Crippen LogP contribution is 2.14. The molecule has 0 aromatic carbocycles. The van der Waals surface area contributed by atoms with Crippen LogP contribution in [0.2, 0.25) is 0 Å². The van der Waals surface area contributed by atoms with Crippen LogP contribution in [0.3, 0.4) is 0 Å². The van der Waals surface area contributed by atoms with Crippen LogP contribution in [0.5, 0.6) is 0 Å². The molecule has 0 bridgehead atoms. The van der Waals surface area contributed by atoms with Gasteiger partial charge in [0.25, 0.3) is 0 Å². The zero-order valence-electron chi connectivity index (χ0n) is 10.9. The zero-order chi connectivity index (χ0) is 12.0. The molecule has 1 heterocycles. The predicted molar refractivity (Wildman–Crippen MR) is 65.6 cm³/mol. The Labute approximate surface area is 99.2 Å². The minimum atomic E-state index is -0.186. The molecule has 4 heteroatoms. The molecule has 2 unspecified atom stereocenters. The van der Waals surface area contributed by atoms with Crippen molar-refractivity contribution in [2.24, 2.45) is 0 Å². The Balaban J connectivity index is 2.23. The number of aliphatic hydroxyl groups is 1. The number of nitrogens with zero attached hydrogens (tertiary/aromatic N) is 2. The van der Waals surface area contributed by atoms with Gasteiger partial charge in [0.1, 0.15) is 0 Å². The Morgan fingerprint density at radius 3 is 2.81 bits per heavy atom. The van der Waals surface area contributed by atoms with Crippen molar-refractivity contribution in [1.29, 1.82) is 0 Å². The summed E-state index contributed by atoms with van der Waals surface area (Å²) >= 11 is 0. The first-order chi connectivity index (χ1) is 7.63. The lowest BCUT2D eigenvalue weighted by Crippen LogP contribution is -2.51. The summed E-state index contributed by atoms with van der Waals surface area (Å²) < 4.78 is 4.99. The average molecular weight is 230 g/mol. The molecule has 0 aliphatic carbocycles. The number of methoxy groups -OCH3 is 1. The summed E-state index contributed by atoms with van der Waals surface area (Å²) in [5, 5.41) is 9.93. The van der Waals surface area contributed by atoms with Gasteiger partial charge >= 0.3 is 0 Å². The SMILES string of the molecule is COCCCC(O)CC1CN(C)CCN1C. The first-order valence-electron chi connectivity index (χ1n) is 6.19. The fraction of sp³-hybridized carbons (Fsp3) is 1.00. The third kappa shape index (κ3) is 4.78. The minimum absolute atomic E-state index is 0.186. The van der Waals surface area contributed by atoms with E-state index in [9.17, 15) is 5.11 Å². The predicted octanol–water partition coefficient (Wildman–Crippen LogP) is 0.410. The van der Waals surface area contributed by atoms with Crippen molar-refractivity contribution < 1.29 is 9.84 Å². The van der Waals surface area contributed by atoms with Crippen LogP contribution in [0, 0.1) is 0 Å². The van der Waals surface area contributed by atoms with Crippen LogP contribution in [-0.2, 0) is 4.74 Å². The van der Waals surface area contributed by atoms with Gasteiger partial charge in [0, 0.05) is 39.4 Å². The lowest BCUT2D eigenvalue weighted by molar-refractivity contribution is 0.0560. The largest absolute Gasteiger partial charge is 0.393 e. The number of likely N-dealkylation sites (N-methyl/N-ethyl adjacent to an activating group) is 2. The second kappa shape index (κ2) is 7.22. The van der Waals surface area contributed by atoms with Crippen LogP contribution in [0.1, 0.15) is 19.3 Å². The normalized spacial score (nSPS) is 25.9. The van der Waals surface area contributed by atoms with E-state index in [2.05, 4.69) is 23.9 Å². The monoisotopic (exact) mass is 230 g/mol. The topological polar surface area (TPSA) is 35.9 Å². The summed E-state index contributed by atoms with van der Waals surface area (Å²) in [4.78, 5) is 4.70. The van der Waals surface area contributed by atoms with Gasteiger partial charge in [0.2, 0.25) is 0 Å². The van der Waals surface area contributed by atoms with Gasteiger partial charge in [-0.1, -0.05) is 0 Å². The highest BCUT2D eigenvalue weighted by Gasteiger charge is 2.24. The van der Waals surface area contributed by atoms with Gasteiger partial charge in [-0.15, -0.1) is 0 Å². The van der Waals surface area contributed by atoms with Crippen LogP contribution < -0.4 is 0 Å². The standard InChI is InChI=1S/C12H26N2O2/c1-13-6-7-14(2)11(10-13)9-12(15)5-4-8-16-3/h11-12,15H,4-10H2,1-3H3. The Hall–Kier alpha value is -0.160. The Bertz CT molecular complexity index is 190. The Morgan fingerprint density at radius 1 is 1.38 bits per heavy atom. The van der Waals surface area contributed by atoms with E-state index in [-0.39, 0.29) is 6.10 Å². The van der Waals surface area contributed by atoms with E-state index in [4.69, 9.17) is 4.74 Å². The molecule has 0 saturated carbocycles. The zero-order valence-corrected chi connectivity index (χ0v) is 10.9. The second-order valence-electron chi connectivity index (χ2n) is 4.92. The van der Waals surface area contributed by atoms with E-state index in [1.807, 2.05) is 0 Å². The molecule has 0 aromatic heterocycles. The van der Waals surface area contributed by atoms with E-state index >= 15 is 0 Å². The first-order valence-corrected chi connectivity index (χ1v) is 6.19. The molecule has 0 spiro atoms. The Kier molecular flexibility index (Phi) is 6.28. The second-order valence-corrected chi connectivity index (χ2v) is 4.92. The van der Waals surface area contributed by atoms with Crippen molar-refractivity contribution in [3.63, 3.8) is 0 Å². The maximum absolute atomic E-state index is 9.93. The minimum Gasteiger partial charge on any atom is -0.393 e. The van der Waals surface area contributed by atoms with E-state index in [1.165, 1.54) is 0 Å². The van der Waals surface area contributed by atoms with Crippen molar-refractivity contribution in [3.05, 3.63) is 0 Å². The van der Waals surface area contributed by atoms with Crippen molar-refractivity contribution in [2.45, 2.75) is 31.4 Å². The van der Waals surface area contributed by atoms with Gasteiger partial charge in [0.05, 0.1) is 6.10 Å². The molecule has 1 rings (SSSR count). The van der Waals surface area contributed by atoms with E-state index < -0.39 is 0 Å². The van der Waals surface area contributed by atoms with E-state index in [1.54, 1.807) is 7.11 Å². The highest BCUT2D eigenvalue weighted by atomic mass is 16.5. The lowest BCUT2D eigenvalue weighted by atomic mass is 10.0. The summed E-state index contributed by atoms with van der Waals surface area (Å²) in [6.45, 7) is 4.05. The molecule has 2 atom stereocenters. The molecule has 0 amide bonds.